The van der Waals surface area contributed by atoms with Crippen LogP contribution in [0.5, 0.6) is 0 Å². The highest BCUT2D eigenvalue weighted by atomic mass is 16.5. The molecule has 1 saturated heterocycles. The average Bonchev–Trinajstić information content (AvgIpc) is 3.97. The van der Waals surface area contributed by atoms with E-state index in [-0.39, 0.29) is 36.2 Å². The molecule has 4 N–H and O–H groups in total. The maximum absolute atomic E-state index is 13.5. The largest absolute Gasteiger partial charge is 0.453 e. The molecule has 2 aromatic carbocycles. The van der Waals surface area contributed by atoms with Crippen molar-refractivity contribution >= 4 is 24.0 Å². The summed E-state index contributed by atoms with van der Waals surface area (Å²) in [5, 5.41) is 5.36. The van der Waals surface area contributed by atoms with Gasteiger partial charge < -0.3 is 39.9 Å². The molecule has 14 nitrogen and oxygen atoms in total. The molecule has 0 saturated carbocycles. The molecule has 54 heavy (non-hydrogen) atoms. The average molecular weight is 741 g/mol. The number of imidazole rings is 2. The van der Waals surface area contributed by atoms with E-state index in [0.29, 0.717) is 18.9 Å². The van der Waals surface area contributed by atoms with Gasteiger partial charge in [0.1, 0.15) is 23.7 Å². The van der Waals surface area contributed by atoms with Crippen LogP contribution in [0.3, 0.4) is 0 Å². The number of aromatic nitrogens is 4. The number of aromatic amines is 2. The van der Waals surface area contributed by atoms with Crippen LogP contribution in [-0.4, -0.2) is 93.1 Å². The number of likely N-dealkylation sites (tertiary alicyclic amines) is 1. The van der Waals surface area contributed by atoms with Crippen molar-refractivity contribution in [1.29, 1.82) is 0 Å². The van der Waals surface area contributed by atoms with E-state index in [1.807, 2.05) is 58.9 Å². The lowest BCUT2D eigenvalue weighted by molar-refractivity contribution is -0.136. The van der Waals surface area contributed by atoms with Crippen molar-refractivity contribution in [3.63, 3.8) is 0 Å². The number of carbonyl (C=O) groups excluding carboxylic acids is 4. The van der Waals surface area contributed by atoms with Crippen LogP contribution in [0.2, 0.25) is 0 Å². The zero-order chi connectivity index (χ0) is 38.9. The van der Waals surface area contributed by atoms with E-state index in [1.165, 1.54) is 14.2 Å². The topological polar surface area (TPSA) is 175 Å². The van der Waals surface area contributed by atoms with E-state index in [2.05, 4.69) is 54.8 Å². The van der Waals surface area contributed by atoms with Gasteiger partial charge in [-0.3, -0.25) is 9.59 Å². The standard InChI is InChI=1S/C40H52N8O6/c1-8-19-47(37(49)34(24(2)3)45-39(51)53-6)23-33-41-21-30(43-33)28-15-11-26(12-16-28)27-13-17-29(18-14-27)31-22-42-36(44-31)32-10-9-20-48(32)38(50)35(25(4)5)46-40(52)54-7/h11-18,21-22,24-25,32,34-35H,8-10,19-20,23H2,1-7H3,(H,41,43)(H,42,44)(H,45,51)(H,46,52)/t32-,34-,35-/m0/s1. The maximum Gasteiger partial charge on any atom is 0.407 e. The third kappa shape index (κ3) is 9.28. The molecule has 3 heterocycles. The summed E-state index contributed by atoms with van der Waals surface area (Å²) in [4.78, 5) is 70.3. The number of ether oxygens (including phenoxy) is 2. The van der Waals surface area contributed by atoms with Crippen molar-refractivity contribution < 1.29 is 28.7 Å². The Morgan fingerprint density at radius 2 is 1.31 bits per heavy atom. The van der Waals surface area contributed by atoms with Gasteiger partial charge in [-0.1, -0.05) is 83.1 Å². The van der Waals surface area contributed by atoms with Crippen LogP contribution in [0.15, 0.2) is 60.9 Å². The molecular weight excluding hydrogens is 688 g/mol. The highest BCUT2D eigenvalue weighted by Gasteiger charge is 2.37. The first-order chi connectivity index (χ1) is 25.9. The number of hydrogen-bond donors (Lipinski definition) is 4. The Kier molecular flexibility index (Phi) is 13.1. The number of H-pyrrole nitrogens is 2. The minimum atomic E-state index is -0.709. The summed E-state index contributed by atoms with van der Waals surface area (Å²) in [5.74, 6) is 0.819. The highest BCUT2D eigenvalue weighted by Crippen LogP contribution is 2.33. The second-order valence-corrected chi connectivity index (χ2v) is 14.2. The molecule has 14 heteroatoms. The fraction of sp³-hybridized carbons (Fsp3) is 0.450. The van der Waals surface area contributed by atoms with Gasteiger partial charge in [0.15, 0.2) is 0 Å². The Morgan fingerprint density at radius 3 is 1.85 bits per heavy atom. The minimum absolute atomic E-state index is 0.105. The summed E-state index contributed by atoms with van der Waals surface area (Å²) in [6, 6.07) is 14.8. The second-order valence-electron chi connectivity index (χ2n) is 14.2. The first-order valence-corrected chi connectivity index (χ1v) is 18.5. The molecule has 5 rings (SSSR count). The fourth-order valence-electron chi connectivity index (χ4n) is 6.73. The molecular formula is C40H52N8O6. The van der Waals surface area contributed by atoms with Crippen LogP contribution in [-0.2, 0) is 25.6 Å². The van der Waals surface area contributed by atoms with Crippen LogP contribution >= 0.6 is 0 Å². The van der Waals surface area contributed by atoms with Crippen molar-refractivity contribution in [2.24, 2.45) is 11.8 Å². The highest BCUT2D eigenvalue weighted by molar-refractivity contribution is 5.87. The van der Waals surface area contributed by atoms with E-state index in [1.54, 1.807) is 22.2 Å². The fourth-order valence-corrected chi connectivity index (χ4v) is 6.73. The normalized spacial score (nSPS) is 15.2. The van der Waals surface area contributed by atoms with Crippen molar-refractivity contribution in [3.8, 4) is 33.6 Å². The molecule has 0 bridgehead atoms. The van der Waals surface area contributed by atoms with Crippen LogP contribution in [0, 0.1) is 11.8 Å². The summed E-state index contributed by atoms with van der Waals surface area (Å²) in [6.07, 6.45) is 4.68. The smallest absolute Gasteiger partial charge is 0.407 e. The third-order valence-corrected chi connectivity index (χ3v) is 9.73. The SMILES string of the molecule is CCCN(Cc1ncc(-c2ccc(-c3ccc(-c4cnc([C@@H]5CCCN5C(=O)[C@@H](NC(=O)OC)C(C)C)[nH]4)cc3)cc2)[nH]1)C(=O)[C@@H](NC(=O)OC)C(C)C. The summed E-state index contributed by atoms with van der Waals surface area (Å²) in [7, 11) is 2.57. The predicted molar refractivity (Wildman–Crippen MR) is 205 cm³/mol. The number of alkyl carbamates (subject to hydrolysis) is 2. The molecule has 0 radical (unpaired) electrons. The van der Waals surface area contributed by atoms with E-state index >= 15 is 0 Å². The van der Waals surface area contributed by atoms with E-state index in [0.717, 1.165) is 58.7 Å². The first-order valence-electron chi connectivity index (χ1n) is 18.5. The first kappa shape index (κ1) is 39.5. The predicted octanol–water partition coefficient (Wildman–Crippen LogP) is 6.30. The molecule has 4 aromatic rings. The molecule has 2 aromatic heterocycles. The van der Waals surface area contributed by atoms with E-state index in [4.69, 9.17) is 9.47 Å². The number of rotatable bonds is 14. The Hall–Kier alpha value is -5.66. The molecule has 1 aliphatic rings. The van der Waals surface area contributed by atoms with Gasteiger partial charge in [0.05, 0.1) is 50.6 Å². The van der Waals surface area contributed by atoms with Crippen molar-refractivity contribution in [2.45, 2.75) is 78.6 Å². The second kappa shape index (κ2) is 17.9. The van der Waals surface area contributed by atoms with Crippen molar-refractivity contribution in [2.75, 3.05) is 27.3 Å². The summed E-state index contributed by atoms with van der Waals surface area (Å²) < 4.78 is 9.48. The van der Waals surface area contributed by atoms with Gasteiger partial charge in [-0.05, 0) is 53.4 Å². The Bertz CT molecular complexity index is 1880. The molecule has 1 fully saturated rings. The maximum atomic E-state index is 13.5. The van der Waals surface area contributed by atoms with Crippen LogP contribution < -0.4 is 10.6 Å². The van der Waals surface area contributed by atoms with Gasteiger partial charge in [-0.2, -0.15) is 0 Å². The van der Waals surface area contributed by atoms with Gasteiger partial charge in [-0.25, -0.2) is 19.6 Å². The summed E-state index contributed by atoms with van der Waals surface area (Å²) in [5.41, 5.74) is 5.72. The number of benzene rings is 2. The Balaban J connectivity index is 1.23. The van der Waals surface area contributed by atoms with Gasteiger partial charge >= 0.3 is 12.2 Å². The van der Waals surface area contributed by atoms with Gasteiger partial charge in [-0.15, -0.1) is 0 Å². The molecule has 3 atom stereocenters. The molecule has 1 aliphatic heterocycles. The molecule has 288 valence electrons. The van der Waals surface area contributed by atoms with Crippen LogP contribution in [0.4, 0.5) is 9.59 Å². The quantitative estimate of drug-likeness (QED) is 0.117. The molecule has 0 unspecified atom stereocenters. The number of nitrogens with zero attached hydrogens (tertiary/aromatic N) is 4. The lowest BCUT2D eigenvalue weighted by atomic mass is 10.0. The van der Waals surface area contributed by atoms with Crippen molar-refractivity contribution in [3.05, 3.63) is 72.6 Å². The zero-order valence-corrected chi connectivity index (χ0v) is 32.1. The summed E-state index contributed by atoms with van der Waals surface area (Å²) in [6.45, 7) is 11.0. The molecule has 4 amide bonds. The minimum Gasteiger partial charge on any atom is -0.453 e. The number of hydrogen-bond acceptors (Lipinski definition) is 8. The van der Waals surface area contributed by atoms with Crippen LogP contribution in [0.25, 0.3) is 33.6 Å². The number of carbonyl (C=O) groups is 4. The molecule has 0 aliphatic carbocycles. The lowest BCUT2D eigenvalue weighted by Gasteiger charge is -2.30. The zero-order valence-electron chi connectivity index (χ0n) is 32.1. The van der Waals surface area contributed by atoms with Gasteiger partial charge in [0.25, 0.3) is 0 Å². The molecule has 0 spiro atoms. The number of methoxy groups -OCH3 is 2. The lowest BCUT2D eigenvalue weighted by Crippen LogP contribution is -2.51. The van der Waals surface area contributed by atoms with Crippen LogP contribution in [0.1, 0.15) is 71.6 Å². The Morgan fingerprint density at radius 1 is 0.796 bits per heavy atom. The third-order valence-electron chi connectivity index (χ3n) is 9.73. The van der Waals surface area contributed by atoms with E-state index < -0.39 is 24.3 Å². The number of amides is 4. The van der Waals surface area contributed by atoms with Gasteiger partial charge in [0, 0.05) is 13.1 Å². The summed E-state index contributed by atoms with van der Waals surface area (Å²) >= 11 is 0. The monoisotopic (exact) mass is 740 g/mol. The van der Waals surface area contributed by atoms with Crippen molar-refractivity contribution in [1.82, 2.24) is 40.4 Å². The number of nitrogens with one attached hydrogen (secondary N) is 4. The van der Waals surface area contributed by atoms with E-state index in [9.17, 15) is 19.2 Å². The Labute approximate surface area is 316 Å². The van der Waals surface area contributed by atoms with Gasteiger partial charge in [0.2, 0.25) is 11.8 Å².